The van der Waals surface area contributed by atoms with Crippen LogP contribution >= 0.6 is 0 Å². The van der Waals surface area contributed by atoms with Gasteiger partial charge in [-0.05, 0) is 42.8 Å². The van der Waals surface area contributed by atoms with Crippen LogP contribution in [0.15, 0.2) is 30.3 Å². The van der Waals surface area contributed by atoms with Gasteiger partial charge in [-0.2, -0.15) is 0 Å². The first-order valence-electron chi connectivity index (χ1n) is 6.19. The number of benzene rings is 2. The number of nitrogens with zero attached hydrogens (tertiary/aromatic N) is 3. The lowest BCUT2D eigenvalue weighted by atomic mass is 10.1. The van der Waals surface area contributed by atoms with Crippen molar-refractivity contribution in [1.29, 1.82) is 0 Å². The van der Waals surface area contributed by atoms with Crippen LogP contribution in [0.2, 0.25) is 0 Å². The zero-order valence-electron chi connectivity index (χ0n) is 11.3. The summed E-state index contributed by atoms with van der Waals surface area (Å²) in [6, 6.07) is 9.76. The second kappa shape index (κ2) is 4.09. The fourth-order valence-corrected chi connectivity index (χ4v) is 2.32. The molecule has 2 N–H and O–H groups in total. The highest BCUT2D eigenvalue weighted by atomic mass is 15.1. The topological polar surface area (TPSA) is 55.0 Å². The van der Waals surface area contributed by atoms with Gasteiger partial charge in [0.25, 0.3) is 0 Å². The largest absolute Gasteiger partial charge is 0.399 e. The van der Waals surface area contributed by atoms with E-state index in [2.05, 4.69) is 33.9 Å². The molecule has 3 aromatic rings. The summed E-state index contributed by atoms with van der Waals surface area (Å²) in [5.41, 5.74) is 12.4. The third-order valence-corrected chi connectivity index (χ3v) is 3.26. The van der Waals surface area contributed by atoms with Gasteiger partial charge in [0, 0.05) is 25.5 Å². The van der Waals surface area contributed by atoms with Crippen molar-refractivity contribution in [2.24, 2.45) is 0 Å². The highest BCUT2D eigenvalue weighted by molar-refractivity contribution is 5.90. The van der Waals surface area contributed by atoms with Crippen molar-refractivity contribution < 1.29 is 0 Å². The summed E-state index contributed by atoms with van der Waals surface area (Å²) in [5.74, 6) is 0. The molecule has 0 saturated carbocycles. The molecule has 96 valence electrons. The van der Waals surface area contributed by atoms with Gasteiger partial charge in [0.1, 0.15) is 0 Å². The maximum atomic E-state index is 5.79. The molecule has 0 amide bonds. The predicted octanol–water partition coefficient (Wildman–Crippen LogP) is 2.74. The number of rotatable bonds is 1. The van der Waals surface area contributed by atoms with Gasteiger partial charge in [0.15, 0.2) is 0 Å². The zero-order chi connectivity index (χ0) is 13.6. The van der Waals surface area contributed by atoms with Gasteiger partial charge in [-0.15, -0.1) is 0 Å². The SMILES string of the molecule is Cc1cc2nc3cc(N)ccc3nc2cc1N(C)C. The summed E-state index contributed by atoms with van der Waals surface area (Å²) in [4.78, 5) is 11.4. The third kappa shape index (κ3) is 1.95. The summed E-state index contributed by atoms with van der Waals surface area (Å²) >= 11 is 0. The molecule has 0 saturated heterocycles. The number of hydrogen-bond acceptors (Lipinski definition) is 4. The minimum Gasteiger partial charge on any atom is -0.399 e. The van der Waals surface area contributed by atoms with Crippen LogP contribution in [-0.4, -0.2) is 24.1 Å². The predicted molar refractivity (Wildman–Crippen MR) is 80.5 cm³/mol. The molecular formula is C15H16N4. The zero-order valence-corrected chi connectivity index (χ0v) is 11.3. The number of aromatic nitrogens is 2. The first-order valence-corrected chi connectivity index (χ1v) is 6.19. The van der Waals surface area contributed by atoms with Gasteiger partial charge in [0.05, 0.1) is 22.1 Å². The lowest BCUT2D eigenvalue weighted by Crippen LogP contribution is -2.10. The molecule has 1 aromatic heterocycles. The van der Waals surface area contributed by atoms with Crippen molar-refractivity contribution in [3.8, 4) is 0 Å². The monoisotopic (exact) mass is 252 g/mol. The average molecular weight is 252 g/mol. The number of nitrogen functional groups attached to an aromatic ring is 1. The standard InChI is InChI=1S/C15H16N4/c1-9-6-12-14(8-15(9)19(2)3)17-11-5-4-10(16)7-13(11)18-12/h4-8H,16H2,1-3H3. The lowest BCUT2D eigenvalue weighted by Gasteiger charge is -2.16. The Morgan fingerprint density at radius 3 is 2.26 bits per heavy atom. The molecule has 0 aliphatic rings. The smallest absolute Gasteiger partial charge is 0.0915 e. The number of fused-ring (bicyclic) bond motifs is 2. The highest BCUT2D eigenvalue weighted by Crippen LogP contribution is 2.25. The maximum absolute atomic E-state index is 5.79. The van der Waals surface area contributed by atoms with Crippen LogP contribution in [0.3, 0.4) is 0 Å². The average Bonchev–Trinajstić information content (AvgIpc) is 2.35. The van der Waals surface area contributed by atoms with Crippen LogP contribution in [0.25, 0.3) is 22.1 Å². The number of nitrogens with two attached hydrogens (primary N) is 1. The fourth-order valence-electron chi connectivity index (χ4n) is 2.32. The Bertz CT molecular complexity index is 778. The van der Waals surface area contributed by atoms with E-state index in [-0.39, 0.29) is 0 Å². The molecule has 0 bridgehead atoms. The third-order valence-electron chi connectivity index (χ3n) is 3.26. The van der Waals surface area contributed by atoms with E-state index in [0.717, 1.165) is 27.8 Å². The normalized spacial score (nSPS) is 11.1. The minimum atomic E-state index is 0.711. The lowest BCUT2D eigenvalue weighted by molar-refractivity contribution is 1.12. The van der Waals surface area contributed by atoms with E-state index in [0.29, 0.717) is 5.69 Å². The molecule has 4 heteroatoms. The summed E-state index contributed by atoms with van der Waals surface area (Å²) < 4.78 is 0. The summed E-state index contributed by atoms with van der Waals surface area (Å²) in [7, 11) is 4.06. The molecule has 19 heavy (non-hydrogen) atoms. The summed E-state index contributed by atoms with van der Waals surface area (Å²) in [6.45, 7) is 2.08. The first kappa shape index (κ1) is 11.7. The molecule has 1 heterocycles. The van der Waals surface area contributed by atoms with Gasteiger partial charge in [-0.3, -0.25) is 0 Å². The van der Waals surface area contributed by atoms with Crippen molar-refractivity contribution in [3.63, 3.8) is 0 Å². The Kier molecular flexibility index (Phi) is 2.52. The number of anilines is 2. The van der Waals surface area contributed by atoms with Gasteiger partial charge < -0.3 is 10.6 Å². The quantitative estimate of drug-likeness (QED) is 0.534. The molecule has 0 unspecified atom stereocenters. The molecule has 3 rings (SSSR count). The van der Waals surface area contributed by atoms with E-state index in [1.54, 1.807) is 0 Å². The van der Waals surface area contributed by atoms with Crippen molar-refractivity contribution in [2.75, 3.05) is 24.7 Å². The summed E-state index contributed by atoms with van der Waals surface area (Å²) in [5, 5.41) is 0. The van der Waals surface area contributed by atoms with E-state index >= 15 is 0 Å². The number of hydrogen-bond donors (Lipinski definition) is 1. The molecule has 0 atom stereocenters. The second-order valence-corrected chi connectivity index (χ2v) is 4.99. The molecule has 0 aliphatic heterocycles. The van der Waals surface area contributed by atoms with Gasteiger partial charge >= 0.3 is 0 Å². The van der Waals surface area contributed by atoms with Crippen molar-refractivity contribution in [2.45, 2.75) is 6.92 Å². The van der Waals surface area contributed by atoms with Crippen LogP contribution in [-0.2, 0) is 0 Å². The van der Waals surface area contributed by atoms with Crippen LogP contribution in [0.1, 0.15) is 5.56 Å². The van der Waals surface area contributed by atoms with Crippen molar-refractivity contribution in [1.82, 2.24) is 9.97 Å². The molecular weight excluding hydrogens is 236 g/mol. The first-order chi connectivity index (χ1) is 9.04. The van der Waals surface area contributed by atoms with E-state index in [4.69, 9.17) is 5.73 Å². The molecule has 4 nitrogen and oxygen atoms in total. The maximum Gasteiger partial charge on any atom is 0.0915 e. The van der Waals surface area contributed by atoms with E-state index < -0.39 is 0 Å². The minimum absolute atomic E-state index is 0.711. The van der Waals surface area contributed by atoms with Crippen LogP contribution in [0.4, 0.5) is 11.4 Å². The van der Waals surface area contributed by atoms with Crippen LogP contribution in [0.5, 0.6) is 0 Å². The van der Waals surface area contributed by atoms with Gasteiger partial charge in [-0.25, -0.2) is 9.97 Å². The van der Waals surface area contributed by atoms with E-state index in [9.17, 15) is 0 Å². The number of aryl methyl sites for hydroxylation is 1. The Balaban J connectivity index is 2.35. The molecule has 0 spiro atoms. The second-order valence-electron chi connectivity index (χ2n) is 4.99. The summed E-state index contributed by atoms with van der Waals surface area (Å²) in [6.07, 6.45) is 0. The van der Waals surface area contributed by atoms with E-state index in [1.807, 2.05) is 32.3 Å². The Hall–Kier alpha value is -2.36. The molecule has 2 aromatic carbocycles. The van der Waals surface area contributed by atoms with Crippen LogP contribution < -0.4 is 10.6 Å². The Morgan fingerprint density at radius 2 is 1.53 bits per heavy atom. The van der Waals surface area contributed by atoms with E-state index in [1.165, 1.54) is 5.56 Å². The highest BCUT2D eigenvalue weighted by Gasteiger charge is 2.07. The van der Waals surface area contributed by atoms with Crippen LogP contribution in [0, 0.1) is 6.92 Å². The fraction of sp³-hybridized carbons (Fsp3) is 0.200. The van der Waals surface area contributed by atoms with Crippen molar-refractivity contribution in [3.05, 3.63) is 35.9 Å². The van der Waals surface area contributed by atoms with Gasteiger partial charge in [0.2, 0.25) is 0 Å². The Labute approximate surface area is 111 Å². The van der Waals surface area contributed by atoms with Crippen molar-refractivity contribution >= 4 is 33.4 Å². The molecule has 0 radical (unpaired) electrons. The molecule has 0 fully saturated rings. The molecule has 0 aliphatic carbocycles. The Morgan fingerprint density at radius 1 is 0.895 bits per heavy atom. The van der Waals surface area contributed by atoms with Gasteiger partial charge in [-0.1, -0.05) is 0 Å².